The van der Waals surface area contributed by atoms with Crippen molar-refractivity contribution >= 4 is 28.1 Å². The van der Waals surface area contributed by atoms with Gasteiger partial charge in [0.25, 0.3) is 5.91 Å². The van der Waals surface area contributed by atoms with Crippen molar-refractivity contribution in [2.24, 2.45) is 0 Å². The number of rotatable bonds is 4. The first-order valence-corrected chi connectivity index (χ1v) is 6.88. The number of nitrogens with one attached hydrogen (secondary N) is 2. The van der Waals surface area contributed by atoms with Gasteiger partial charge in [0.05, 0.1) is 23.1 Å². The quantitative estimate of drug-likeness (QED) is 0.901. The molecule has 0 aliphatic carbocycles. The van der Waals surface area contributed by atoms with Crippen molar-refractivity contribution in [1.29, 1.82) is 0 Å². The smallest absolute Gasteiger partial charge is 0.259 e. The third-order valence-electron chi connectivity index (χ3n) is 2.67. The molecule has 6 heteroatoms. The summed E-state index contributed by atoms with van der Waals surface area (Å²) in [4.78, 5) is 20.5. The highest BCUT2D eigenvalue weighted by Gasteiger charge is 2.13. The van der Waals surface area contributed by atoms with Gasteiger partial charge in [0.2, 0.25) is 0 Å². The molecule has 0 unspecified atom stereocenters. The van der Waals surface area contributed by atoms with Crippen LogP contribution in [0.5, 0.6) is 0 Å². The maximum Gasteiger partial charge on any atom is 0.259 e. The van der Waals surface area contributed by atoms with Crippen molar-refractivity contribution in [3.8, 4) is 0 Å². The fourth-order valence-electron chi connectivity index (χ4n) is 1.56. The monoisotopic (exact) mass is 276 g/mol. The predicted octanol–water partition coefficient (Wildman–Crippen LogP) is 2.96. The van der Waals surface area contributed by atoms with E-state index in [0.29, 0.717) is 22.3 Å². The van der Waals surface area contributed by atoms with E-state index in [-0.39, 0.29) is 5.91 Å². The summed E-state index contributed by atoms with van der Waals surface area (Å²) in [5, 5.41) is 8.34. The minimum atomic E-state index is -0.184. The van der Waals surface area contributed by atoms with Crippen LogP contribution in [0.4, 0.5) is 10.8 Å². The van der Waals surface area contributed by atoms with E-state index in [1.807, 2.05) is 5.38 Å². The number of thiazole rings is 1. The molecule has 2 aromatic heterocycles. The third-order valence-corrected chi connectivity index (χ3v) is 3.44. The molecule has 2 heterocycles. The number of anilines is 2. The lowest BCUT2D eigenvalue weighted by molar-refractivity contribution is 0.102. The average molecular weight is 276 g/mol. The minimum absolute atomic E-state index is 0.184. The van der Waals surface area contributed by atoms with Gasteiger partial charge >= 0.3 is 0 Å². The van der Waals surface area contributed by atoms with Crippen molar-refractivity contribution < 1.29 is 4.79 Å². The van der Waals surface area contributed by atoms with Gasteiger partial charge in [-0.15, -0.1) is 11.3 Å². The van der Waals surface area contributed by atoms with Gasteiger partial charge in [-0.2, -0.15) is 0 Å². The Labute approximate surface area is 116 Å². The number of nitrogens with zero attached hydrogens (tertiary/aromatic N) is 2. The highest BCUT2D eigenvalue weighted by atomic mass is 32.1. The van der Waals surface area contributed by atoms with Gasteiger partial charge in [-0.05, 0) is 12.0 Å². The zero-order chi connectivity index (χ0) is 13.8. The molecule has 0 bridgehead atoms. The zero-order valence-electron chi connectivity index (χ0n) is 11.1. The molecule has 0 spiro atoms. The van der Waals surface area contributed by atoms with Crippen LogP contribution in [0.2, 0.25) is 0 Å². The van der Waals surface area contributed by atoms with E-state index in [1.165, 1.54) is 11.3 Å². The SMILES string of the molecule is CNc1cnccc1C(=O)Nc1nc(C(C)C)cs1. The molecule has 0 fully saturated rings. The van der Waals surface area contributed by atoms with Crippen molar-refractivity contribution in [1.82, 2.24) is 9.97 Å². The fraction of sp³-hybridized carbons (Fsp3) is 0.308. The van der Waals surface area contributed by atoms with Gasteiger partial charge in [0.1, 0.15) is 0 Å². The summed E-state index contributed by atoms with van der Waals surface area (Å²) in [5.41, 5.74) is 2.24. The number of carbonyl (C=O) groups excluding carboxylic acids is 1. The summed E-state index contributed by atoms with van der Waals surface area (Å²) < 4.78 is 0. The molecule has 2 aromatic rings. The lowest BCUT2D eigenvalue weighted by atomic mass is 10.2. The number of hydrogen-bond donors (Lipinski definition) is 2. The molecular formula is C13H16N4OS. The van der Waals surface area contributed by atoms with Crippen LogP contribution in [0.15, 0.2) is 23.8 Å². The standard InChI is InChI=1S/C13H16N4OS/c1-8(2)11-7-19-13(16-11)17-12(18)9-4-5-15-6-10(9)14-3/h4-8,14H,1-3H3,(H,16,17,18). The van der Waals surface area contributed by atoms with E-state index in [9.17, 15) is 4.79 Å². The molecule has 2 rings (SSSR count). The second kappa shape index (κ2) is 5.79. The lowest BCUT2D eigenvalue weighted by Crippen LogP contribution is -2.14. The maximum absolute atomic E-state index is 12.2. The molecule has 0 saturated heterocycles. The largest absolute Gasteiger partial charge is 0.386 e. The Bertz CT molecular complexity index is 580. The van der Waals surface area contributed by atoms with E-state index in [1.54, 1.807) is 25.5 Å². The van der Waals surface area contributed by atoms with E-state index in [0.717, 1.165) is 5.69 Å². The fourth-order valence-corrected chi connectivity index (χ4v) is 2.43. The van der Waals surface area contributed by atoms with Crippen LogP contribution in [-0.4, -0.2) is 22.9 Å². The van der Waals surface area contributed by atoms with Crippen molar-refractivity contribution in [2.45, 2.75) is 19.8 Å². The molecule has 19 heavy (non-hydrogen) atoms. The van der Waals surface area contributed by atoms with Crippen molar-refractivity contribution in [3.63, 3.8) is 0 Å². The lowest BCUT2D eigenvalue weighted by Gasteiger charge is -2.07. The Morgan fingerprint density at radius 3 is 2.84 bits per heavy atom. The van der Waals surface area contributed by atoms with E-state index in [2.05, 4.69) is 34.4 Å². The molecule has 0 radical (unpaired) electrons. The van der Waals surface area contributed by atoms with Gasteiger partial charge in [-0.3, -0.25) is 15.1 Å². The van der Waals surface area contributed by atoms with Crippen LogP contribution in [0.25, 0.3) is 0 Å². The second-order valence-electron chi connectivity index (χ2n) is 4.36. The zero-order valence-corrected chi connectivity index (χ0v) is 11.9. The molecule has 0 aromatic carbocycles. The molecule has 0 aliphatic rings. The first kappa shape index (κ1) is 13.5. The minimum Gasteiger partial charge on any atom is -0.386 e. The number of aromatic nitrogens is 2. The molecule has 2 N–H and O–H groups in total. The number of carbonyl (C=O) groups is 1. The molecule has 0 atom stereocenters. The van der Waals surface area contributed by atoms with Crippen molar-refractivity contribution in [3.05, 3.63) is 35.1 Å². The summed E-state index contributed by atoms with van der Waals surface area (Å²) in [6.45, 7) is 4.14. The van der Waals surface area contributed by atoms with Gasteiger partial charge in [0, 0.05) is 18.6 Å². The summed E-state index contributed by atoms with van der Waals surface area (Å²) in [6.07, 6.45) is 3.22. The number of amides is 1. The first-order valence-electron chi connectivity index (χ1n) is 6.00. The molecule has 100 valence electrons. The number of hydrogen-bond acceptors (Lipinski definition) is 5. The van der Waals surface area contributed by atoms with Crippen LogP contribution < -0.4 is 10.6 Å². The topological polar surface area (TPSA) is 66.9 Å². The van der Waals surface area contributed by atoms with Gasteiger partial charge in [0.15, 0.2) is 5.13 Å². The summed E-state index contributed by atoms with van der Waals surface area (Å²) in [6, 6.07) is 1.68. The third kappa shape index (κ3) is 3.08. The number of pyridine rings is 1. The highest BCUT2D eigenvalue weighted by molar-refractivity contribution is 7.14. The first-order chi connectivity index (χ1) is 9.11. The van der Waals surface area contributed by atoms with E-state index in [4.69, 9.17) is 0 Å². The summed E-state index contributed by atoms with van der Waals surface area (Å²) in [7, 11) is 1.76. The Morgan fingerprint density at radius 1 is 1.42 bits per heavy atom. The summed E-state index contributed by atoms with van der Waals surface area (Å²) in [5.74, 6) is 0.173. The van der Waals surface area contributed by atoms with Crippen molar-refractivity contribution in [2.75, 3.05) is 17.7 Å². The molecule has 0 saturated carbocycles. The van der Waals surface area contributed by atoms with Crippen LogP contribution >= 0.6 is 11.3 Å². The van der Waals surface area contributed by atoms with Crippen LogP contribution in [0, 0.1) is 0 Å². The van der Waals surface area contributed by atoms with E-state index >= 15 is 0 Å². The molecule has 0 aliphatic heterocycles. The maximum atomic E-state index is 12.2. The Kier molecular flexibility index (Phi) is 4.11. The Hall–Kier alpha value is -1.95. The summed E-state index contributed by atoms with van der Waals surface area (Å²) >= 11 is 1.44. The predicted molar refractivity (Wildman–Crippen MR) is 77.9 cm³/mol. The van der Waals surface area contributed by atoms with Gasteiger partial charge in [-0.25, -0.2) is 4.98 Å². The molecular weight excluding hydrogens is 260 g/mol. The Balaban J connectivity index is 2.16. The van der Waals surface area contributed by atoms with Gasteiger partial charge < -0.3 is 5.32 Å². The van der Waals surface area contributed by atoms with E-state index < -0.39 is 0 Å². The van der Waals surface area contributed by atoms with Gasteiger partial charge in [-0.1, -0.05) is 13.8 Å². The second-order valence-corrected chi connectivity index (χ2v) is 5.22. The normalized spacial score (nSPS) is 10.5. The van der Waals surface area contributed by atoms with Crippen LogP contribution in [0.1, 0.15) is 35.8 Å². The Morgan fingerprint density at radius 2 is 2.21 bits per heavy atom. The average Bonchev–Trinajstić information content (AvgIpc) is 2.87. The highest BCUT2D eigenvalue weighted by Crippen LogP contribution is 2.22. The van der Waals surface area contributed by atoms with Crippen LogP contribution in [-0.2, 0) is 0 Å². The van der Waals surface area contributed by atoms with Crippen LogP contribution in [0.3, 0.4) is 0 Å². The molecule has 1 amide bonds. The molecule has 5 nitrogen and oxygen atoms in total.